The smallest absolute Gasteiger partial charge is 0.124 e. The van der Waals surface area contributed by atoms with Crippen LogP contribution in [0.3, 0.4) is 0 Å². The van der Waals surface area contributed by atoms with Gasteiger partial charge in [-0.1, -0.05) is 13.8 Å². The van der Waals surface area contributed by atoms with Crippen molar-refractivity contribution in [3.05, 3.63) is 39.6 Å². The van der Waals surface area contributed by atoms with Crippen molar-refractivity contribution in [1.82, 2.24) is 19.8 Å². The van der Waals surface area contributed by atoms with E-state index < -0.39 is 0 Å². The highest BCUT2D eigenvalue weighted by molar-refractivity contribution is 7.16. The first kappa shape index (κ1) is 25.9. The number of ether oxygens (including phenoxy) is 1. The number of hydrogen-bond donors (Lipinski definition) is 1. The van der Waals surface area contributed by atoms with Gasteiger partial charge in [-0.3, -0.25) is 9.88 Å². The van der Waals surface area contributed by atoms with E-state index in [1.165, 1.54) is 0 Å². The molecule has 4 rings (SSSR count). The van der Waals surface area contributed by atoms with E-state index in [-0.39, 0.29) is 24.8 Å². The summed E-state index contributed by atoms with van der Waals surface area (Å²) in [5.74, 6) is 0.407. The van der Waals surface area contributed by atoms with Crippen LogP contribution in [-0.2, 0) is 4.74 Å². The first-order valence-corrected chi connectivity index (χ1v) is 11.4. The molecule has 2 aliphatic heterocycles. The van der Waals surface area contributed by atoms with Crippen LogP contribution < -0.4 is 15.9 Å². The van der Waals surface area contributed by atoms with Gasteiger partial charge in [-0.25, -0.2) is 4.98 Å². The molecule has 172 valence electrons. The molecule has 2 aromatic heterocycles. The Kier molecular flexibility index (Phi) is 9.58. The van der Waals surface area contributed by atoms with Gasteiger partial charge in [-0.2, -0.15) is 0 Å². The highest BCUT2D eigenvalue weighted by Gasteiger charge is 2.30. The number of likely N-dealkylation sites (N-methyl/N-ethyl adjacent to an activating group) is 1. The largest absolute Gasteiger partial charge is 0.382 e. The molecule has 2 aliphatic rings. The number of anilines is 1. The Morgan fingerprint density at radius 1 is 1.29 bits per heavy atom. The van der Waals surface area contributed by atoms with Crippen molar-refractivity contribution < 1.29 is 4.74 Å². The second-order valence-corrected chi connectivity index (χ2v) is 9.06. The van der Waals surface area contributed by atoms with Crippen molar-refractivity contribution >= 4 is 53.0 Å². The SMILES string of the molecule is CCOCCC1CN(C2=c3ncccc3=CNc3sc(C(C)C)nc32)CCN1C.Cl.Cl. The average molecular weight is 487 g/mol. The van der Waals surface area contributed by atoms with Gasteiger partial charge < -0.3 is 15.0 Å². The molecule has 1 unspecified atom stereocenters. The zero-order valence-corrected chi connectivity index (χ0v) is 21.1. The van der Waals surface area contributed by atoms with Crippen molar-refractivity contribution in [3.8, 4) is 0 Å². The number of pyridine rings is 1. The number of aromatic nitrogens is 2. The topological polar surface area (TPSA) is 53.5 Å². The third-order valence-electron chi connectivity index (χ3n) is 5.68. The number of fused-ring (bicyclic) bond motifs is 2. The number of rotatable bonds is 6. The summed E-state index contributed by atoms with van der Waals surface area (Å²) in [6, 6.07) is 4.58. The van der Waals surface area contributed by atoms with Crippen LogP contribution >= 0.6 is 36.2 Å². The number of nitrogens with zero attached hydrogens (tertiary/aromatic N) is 4. The second-order valence-electron chi connectivity index (χ2n) is 8.03. The third-order valence-corrected chi connectivity index (χ3v) is 6.96. The van der Waals surface area contributed by atoms with Gasteiger partial charge in [0.05, 0.1) is 16.1 Å². The zero-order chi connectivity index (χ0) is 20.4. The molecule has 0 amide bonds. The van der Waals surface area contributed by atoms with Crippen LogP contribution in [0.25, 0.3) is 11.9 Å². The fourth-order valence-corrected chi connectivity index (χ4v) is 4.89. The molecule has 2 aromatic rings. The number of halogens is 2. The molecule has 1 fully saturated rings. The van der Waals surface area contributed by atoms with Crippen LogP contribution in [0.1, 0.15) is 43.8 Å². The molecule has 0 aliphatic carbocycles. The molecule has 4 heterocycles. The molecule has 0 aromatic carbocycles. The van der Waals surface area contributed by atoms with E-state index in [4.69, 9.17) is 14.7 Å². The normalized spacial score (nSPS) is 18.2. The number of nitrogens with one attached hydrogen (secondary N) is 1. The minimum Gasteiger partial charge on any atom is -0.382 e. The van der Waals surface area contributed by atoms with E-state index in [2.05, 4.69) is 55.2 Å². The van der Waals surface area contributed by atoms with Crippen LogP contribution in [0, 0.1) is 0 Å². The number of hydrogen-bond acceptors (Lipinski definition) is 7. The lowest BCUT2D eigenvalue weighted by molar-refractivity contribution is 0.0812. The van der Waals surface area contributed by atoms with E-state index in [0.29, 0.717) is 12.0 Å². The summed E-state index contributed by atoms with van der Waals surface area (Å²) < 4.78 is 5.64. The highest BCUT2D eigenvalue weighted by atomic mass is 35.5. The van der Waals surface area contributed by atoms with Crippen molar-refractivity contribution in [2.75, 3.05) is 45.2 Å². The van der Waals surface area contributed by atoms with Crippen molar-refractivity contribution in [3.63, 3.8) is 0 Å². The third kappa shape index (κ3) is 5.52. The first-order valence-electron chi connectivity index (χ1n) is 10.5. The Bertz CT molecular complexity index is 981. The average Bonchev–Trinajstić information content (AvgIpc) is 3.07. The number of thiazole rings is 1. The predicted molar refractivity (Wildman–Crippen MR) is 134 cm³/mol. The highest BCUT2D eigenvalue weighted by Crippen LogP contribution is 2.35. The van der Waals surface area contributed by atoms with E-state index in [1.807, 2.05) is 12.3 Å². The van der Waals surface area contributed by atoms with Gasteiger partial charge in [-0.05, 0) is 32.5 Å². The van der Waals surface area contributed by atoms with Gasteiger partial charge in [0.1, 0.15) is 10.7 Å². The van der Waals surface area contributed by atoms with Crippen LogP contribution in [0.4, 0.5) is 5.00 Å². The minimum atomic E-state index is 0. The maximum absolute atomic E-state index is 5.64. The van der Waals surface area contributed by atoms with Crippen LogP contribution in [0.5, 0.6) is 0 Å². The summed E-state index contributed by atoms with van der Waals surface area (Å²) in [5.41, 5.74) is 2.20. The van der Waals surface area contributed by atoms with Crippen LogP contribution in [-0.4, -0.2) is 65.7 Å². The fraction of sp³-hybridized carbons (Fsp3) is 0.545. The zero-order valence-electron chi connectivity index (χ0n) is 18.6. The van der Waals surface area contributed by atoms with Gasteiger partial charge in [0.25, 0.3) is 0 Å². The van der Waals surface area contributed by atoms with Gasteiger partial charge in [-0.15, -0.1) is 36.2 Å². The minimum absolute atomic E-state index is 0. The monoisotopic (exact) mass is 485 g/mol. The second kappa shape index (κ2) is 11.5. The molecule has 1 N–H and O–H groups in total. The van der Waals surface area contributed by atoms with Gasteiger partial charge in [0.2, 0.25) is 0 Å². The summed E-state index contributed by atoms with van der Waals surface area (Å²) in [7, 11) is 2.22. The summed E-state index contributed by atoms with van der Waals surface area (Å²) in [5, 5.41) is 7.91. The molecule has 0 radical (unpaired) electrons. The quantitative estimate of drug-likeness (QED) is 0.634. The molecular weight excluding hydrogens is 453 g/mol. The van der Waals surface area contributed by atoms with E-state index in [9.17, 15) is 0 Å². The lowest BCUT2D eigenvalue weighted by atomic mass is 10.1. The Morgan fingerprint density at radius 2 is 2.10 bits per heavy atom. The lowest BCUT2D eigenvalue weighted by Crippen LogP contribution is -2.52. The Morgan fingerprint density at radius 3 is 2.84 bits per heavy atom. The Labute approximate surface area is 201 Å². The molecule has 0 bridgehead atoms. The van der Waals surface area contributed by atoms with Gasteiger partial charge >= 0.3 is 0 Å². The van der Waals surface area contributed by atoms with Crippen LogP contribution in [0.15, 0.2) is 18.3 Å². The van der Waals surface area contributed by atoms with Crippen molar-refractivity contribution in [2.24, 2.45) is 0 Å². The van der Waals surface area contributed by atoms with Gasteiger partial charge in [0, 0.05) is 62.4 Å². The first-order chi connectivity index (χ1) is 14.1. The molecule has 0 saturated carbocycles. The van der Waals surface area contributed by atoms with Crippen LogP contribution in [0.2, 0.25) is 0 Å². The van der Waals surface area contributed by atoms with E-state index in [1.54, 1.807) is 11.3 Å². The fourth-order valence-electron chi connectivity index (χ4n) is 3.95. The van der Waals surface area contributed by atoms with E-state index in [0.717, 1.165) is 71.2 Å². The van der Waals surface area contributed by atoms with Crippen molar-refractivity contribution in [1.29, 1.82) is 0 Å². The molecule has 31 heavy (non-hydrogen) atoms. The molecular formula is C22H33Cl2N5OS. The maximum Gasteiger partial charge on any atom is 0.124 e. The standard InChI is InChI=1S/C22H31N5OS.2ClH/c1-5-28-12-8-17-14-27(11-10-26(17)4)20-18-16(7-6-9-23-18)13-24-22-19(20)25-21(29-22)15(2)3;;/h6-7,9,13,15,17,24H,5,8,10-12,14H2,1-4H3;2*1H. The maximum atomic E-state index is 5.64. The molecule has 9 heteroatoms. The summed E-state index contributed by atoms with van der Waals surface area (Å²) in [6.45, 7) is 11.0. The number of piperazine rings is 1. The Balaban J connectivity index is 0.00000171. The van der Waals surface area contributed by atoms with E-state index >= 15 is 0 Å². The molecule has 0 spiro atoms. The summed E-state index contributed by atoms with van der Waals surface area (Å²) in [6.07, 6.45) is 4.99. The van der Waals surface area contributed by atoms with Gasteiger partial charge in [0.15, 0.2) is 0 Å². The summed E-state index contributed by atoms with van der Waals surface area (Å²) >= 11 is 1.75. The molecule has 1 saturated heterocycles. The Hall–Kier alpha value is -1.38. The predicted octanol–water partition coefficient (Wildman–Crippen LogP) is 2.87. The molecule has 1 atom stereocenters. The summed E-state index contributed by atoms with van der Waals surface area (Å²) in [4.78, 5) is 14.8. The molecule has 6 nitrogen and oxygen atoms in total. The van der Waals surface area contributed by atoms with Crippen molar-refractivity contribution in [2.45, 2.75) is 39.2 Å². The lowest BCUT2D eigenvalue weighted by Gasteiger charge is -2.41.